The van der Waals surface area contributed by atoms with Crippen LogP contribution in [0, 0.1) is 34.6 Å². The van der Waals surface area contributed by atoms with Crippen molar-refractivity contribution in [3.8, 4) is 11.5 Å². The van der Waals surface area contributed by atoms with E-state index in [1.165, 1.54) is 0 Å². The molecule has 0 atom stereocenters. The number of nitrogens with one attached hydrogen (secondary N) is 1. The van der Waals surface area contributed by atoms with Gasteiger partial charge in [-0.05, 0) is 153 Å². The monoisotopic (exact) mass is 709 g/mol. The quantitative estimate of drug-likeness (QED) is 0.130. The molecule has 0 spiro atoms. The van der Waals surface area contributed by atoms with Crippen molar-refractivity contribution >= 4 is 67.0 Å². The van der Waals surface area contributed by atoms with Crippen LogP contribution in [0.5, 0.6) is 11.5 Å². The first-order chi connectivity index (χ1) is 26.2. The molecule has 7 aromatic carbocycles. The molecule has 0 bridgehead atoms. The topological polar surface area (TPSA) is 116 Å². The summed E-state index contributed by atoms with van der Waals surface area (Å²) in [5.41, 5.74) is 9.57. The van der Waals surface area contributed by atoms with Gasteiger partial charge in [0.05, 0.1) is 35.0 Å². The molecule has 0 saturated heterocycles. The highest BCUT2D eigenvalue weighted by atomic mass is 16.5. The molecule has 54 heavy (non-hydrogen) atoms. The van der Waals surface area contributed by atoms with Gasteiger partial charge < -0.3 is 15.2 Å². The van der Waals surface area contributed by atoms with E-state index in [9.17, 15) is 5.11 Å². The van der Waals surface area contributed by atoms with Gasteiger partial charge in [0.15, 0.2) is 5.75 Å². The molecule has 0 aliphatic rings. The molecular formula is C45H39N7O2. The maximum Gasteiger partial charge on any atom is 0.150 e. The summed E-state index contributed by atoms with van der Waals surface area (Å²) in [5, 5.41) is 45.2. The molecule has 7 aromatic rings. The molecule has 266 valence electrons. The molecule has 7 rings (SSSR count). The lowest BCUT2D eigenvalue weighted by Crippen LogP contribution is -1.95. The summed E-state index contributed by atoms with van der Waals surface area (Å²) in [5.74, 6) is 0.853. The van der Waals surface area contributed by atoms with Crippen molar-refractivity contribution in [2.45, 2.75) is 34.1 Å². The summed E-state index contributed by atoms with van der Waals surface area (Å²) < 4.78 is 5.83. The fourth-order valence-corrected chi connectivity index (χ4v) is 6.07. The van der Waals surface area contributed by atoms with E-state index in [1.807, 2.05) is 143 Å². The Morgan fingerprint density at radius 2 is 1.11 bits per heavy atom. The van der Waals surface area contributed by atoms with Gasteiger partial charge in [-0.3, -0.25) is 0 Å². The van der Waals surface area contributed by atoms with Crippen molar-refractivity contribution in [2.24, 2.45) is 30.7 Å². The molecule has 9 nitrogen and oxygen atoms in total. The molecule has 0 aliphatic carbocycles. The highest BCUT2D eigenvalue weighted by Crippen LogP contribution is 2.39. The standard InChI is InChI=1S/C45H39N7O2/c1-6-21-54-44-14-10-11-32-15-17-36(27-38(32)44)47-49-40-22-29(3)42(23-28(40)2)51-52-43-25-30(4)41(24-31(43)5)50-48-39-20-16-33-26-35(18-19-37(33)45(39)53)46-34-12-8-7-9-13-34/h1,7-20,22-27,46,53H,6,21H2,2-5H3. The molecular weight excluding hydrogens is 671 g/mol. The molecule has 2 N–H and O–H groups in total. The minimum absolute atomic E-state index is 0.0805. The number of rotatable bonds is 11. The number of anilines is 2. The average Bonchev–Trinajstić information content (AvgIpc) is 3.18. The number of azo groups is 3. The Morgan fingerprint density at radius 3 is 1.74 bits per heavy atom. The SMILES string of the molecule is [CH]CCOc1cccc2ccc(N=Nc3cc(C)c(N=Nc4cc(C)c(N=Nc5ccc6cc(Nc7ccccc7)ccc6c5O)cc4C)cc3C)cc12. The van der Waals surface area contributed by atoms with Crippen LogP contribution < -0.4 is 10.1 Å². The van der Waals surface area contributed by atoms with Gasteiger partial charge in [0.2, 0.25) is 0 Å². The average molecular weight is 710 g/mol. The largest absolute Gasteiger partial charge is 0.505 e. The van der Waals surface area contributed by atoms with Gasteiger partial charge in [-0.25, -0.2) is 0 Å². The number of benzene rings is 7. The molecule has 0 amide bonds. The number of para-hydroxylation sites is 1. The third kappa shape index (κ3) is 8.00. The Hall–Kier alpha value is -6.74. The summed E-state index contributed by atoms with van der Waals surface area (Å²) in [6, 6.07) is 39.1. The maximum absolute atomic E-state index is 11.0. The summed E-state index contributed by atoms with van der Waals surface area (Å²) in [7, 11) is 0. The molecule has 9 heteroatoms. The van der Waals surface area contributed by atoms with Crippen molar-refractivity contribution in [3.05, 3.63) is 151 Å². The van der Waals surface area contributed by atoms with Gasteiger partial charge in [0, 0.05) is 22.1 Å². The molecule has 0 fully saturated rings. The summed E-state index contributed by atoms with van der Waals surface area (Å²) in [4.78, 5) is 0. The van der Waals surface area contributed by atoms with Crippen molar-refractivity contribution in [2.75, 3.05) is 11.9 Å². The van der Waals surface area contributed by atoms with Crippen LogP contribution in [0.25, 0.3) is 21.5 Å². The molecule has 0 saturated carbocycles. The highest BCUT2D eigenvalue weighted by molar-refractivity contribution is 5.95. The van der Waals surface area contributed by atoms with E-state index in [0.717, 1.165) is 78.3 Å². The normalized spacial score (nSPS) is 11.8. The Kier molecular flexibility index (Phi) is 10.5. The van der Waals surface area contributed by atoms with Crippen molar-refractivity contribution in [3.63, 3.8) is 0 Å². The van der Waals surface area contributed by atoms with E-state index in [0.29, 0.717) is 29.8 Å². The second-order valence-electron chi connectivity index (χ2n) is 13.1. The Labute approximate surface area is 314 Å². The number of phenols is 1. The van der Waals surface area contributed by atoms with Gasteiger partial charge in [-0.2, -0.15) is 25.6 Å². The first kappa shape index (κ1) is 35.7. The number of phenolic OH excluding ortho intramolecular Hbond substituents is 1. The fourth-order valence-electron chi connectivity index (χ4n) is 6.07. The lowest BCUT2D eigenvalue weighted by atomic mass is 10.1. The van der Waals surface area contributed by atoms with Gasteiger partial charge >= 0.3 is 0 Å². The first-order valence-electron chi connectivity index (χ1n) is 17.7. The molecule has 0 heterocycles. The molecule has 2 radical (unpaired) electrons. The van der Waals surface area contributed by atoms with Crippen LogP contribution in [0.15, 0.2) is 152 Å². The molecule has 0 unspecified atom stereocenters. The van der Waals surface area contributed by atoms with Crippen LogP contribution in [-0.4, -0.2) is 11.7 Å². The molecule has 0 aromatic heterocycles. The third-order valence-electron chi connectivity index (χ3n) is 9.07. The second kappa shape index (κ2) is 15.9. The summed E-state index contributed by atoms with van der Waals surface area (Å²) in [6.45, 7) is 14.0. The summed E-state index contributed by atoms with van der Waals surface area (Å²) in [6.07, 6.45) is 0.443. The first-order valence-corrected chi connectivity index (χ1v) is 17.7. The number of nitrogens with zero attached hydrogens (tertiary/aromatic N) is 6. The number of aryl methyl sites for hydroxylation is 4. The molecule has 0 aliphatic heterocycles. The number of hydrogen-bond donors (Lipinski definition) is 2. The van der Waals surface area contributed by atoms with Gasteiger partial charge in [0.1, 0.15) is 11.4 Å². The Balaban J connectivity index is 1.05. The maximum atomic E-state index is 11.0. The lowest BCUT2D eigenvalue weighted by molar-refractivity contribution is 0.328. The van der Waals surface area contributed by atoms with E-state index in [2.05, 4.69) is 36.0 Å². The highest BCUT2D eigenvalue weighted by Gasteiger charge is 2.10. The van der Waals surface area contributed by atoms with E-state index in [1.54, 1.807) is 6.07 Å². The Morgan fingerprint density at radius 1 is 0.519 bits per heavy atom. The smallest absolute Gasteiger partial charge is 0.150 e. The van der Waals surface area contributed by atoms with Crippen molar-refractivity contribution in [1.82, 2.24) is 0 Å². The van der Waals surface area contributed by atoms with E-state index >= 15 is 0 Å². The number of ether oxygens (including phenoxy) is 1. The van der Waals surface area contributed by atoms with Gasteiger partial charge in [-0.1, -0.05) is 42.5 Å². The number of hydrogen-bond acceptors (Lipinski definition) is 9. The minimum atomic E-state index is 0.0805. The van der Waals surface area contributed by atoms with Crippen molar-refractivity contribution in [1.29, 1.82) is 0 Å². The summed E-state index contributed by atoms with van der Waals surface area (Å²) >= 11 is 0. The van der Waals surface area contributed by atoms with E-state index in [-0.39, 0.29) is 5.75 Å². The van der Waals surface area contributed by atoms with E-state index < -0.39 is 0 Å². The minimum Gasteiger partial charge on any atom is -0.505 e. The fraction of sp³-hybridized carbons (Fsp3) is 0.133. The zero-order valence-electron chi connectivity index (χ0n) is 30.6. The van der Waals surface area contributed by atoms with Crippen LogP contribution in [0.1, 0.15) is 28.7 Å². The van der Waals surface area contributed by atoms with Crippen LogP contribution in [0.2, 0.25) is 0 Å². The van der Waals surface area contributed by atoms with E-state index in [4.69, 9.17) is 11.7 Å². The number of aromatic hydroxyl groups is 1. The van der Waals surface area contributed by atoms with Gasteiger partial charge in [0.25, 0.3) is 0 Å². The zero-order chi connectivity index (χ0) is 37.6. The lowest BCUT2D eigenvalue weighted by Gasteiger charge is -2.09. The predicted molar refractivity (Wildman–Crippen MR) is 218 cm³/mol. The van der Waals surface area contributed by atoms with Crippen LogP contribution in [0.4, 0.5) is 45.5 Å². The van der Waals surface area contributed by atoms with Gasteiger partial charge in [-0.15, -0.1) is 5.11 Å². The van der Waals surface area contributed by atoms with Crippen LogP contribution >= 0.6 is 0 Å². The van der Waals surface area contributed by atoms with Crippen LogP contribution in [-0.2, 0) is 0 Å². The Bertz CT molecular complexity index is 2580. The zero-order valence-corrected chi connectivity index (χ0v) is 30.6. The predicted octanol–water partition coefficient (Wildman–Crippen LogP) is 14.4. The third-order valence-corrected chi connectivity index (χ3v) is 9.07. The second-order valence-corrected chi connectivity index (χ2v) is 13.1. The van der Waals surface area contributed by atoms with Crippen LogP contribution in [0.3, 0.4) is 0 Å². The number of fused-ring (bicyclic) bond motifs is 2. The van der Waals surface area contributed by atoms with Crippen molar-refractivity contribution < 1.29 is 9.84 Å².